The van der Waals surface area contributed by atoms with E-state index in [-0.39, 0.29) is 0 Å². The number of aryl methyl sites for hydroxylation is 1. The SMILES string of the molecule is Cc1cc(OCC2CCNC2)c(Br)c(C)c1Cl. The minimum Gasteiger partial charge on any atom is -0.492 e. The first-order chi connectivity index (χ1) is 8.09. The minimum atomic E-state index is 0.623. The summed E-state index contributed by atoms with van der Waals surface area (Å²) in [6.45, 7) is 6.94. The summed E-state index contributed by atoms with van der Waals surface area (Å²) in [6.07, 6.45) is 1.20. The van der Waals surface area contributed by atoms with Crippen molar-refractivity contribution in [1.29, 1.82) is 0 Å². The van der Waals surface area contributed by atoms with Crippen LogP contribution in [0.5, 0.6) is 5.75 Å². The van der Waals surface area contributed by atoms with Crippen molar-refractivity contribution in [3.05, 3.63) is 26.7 Å². The van der Waals surface area contributed by atoms with Crippen LogP contribution in [0.4, 0.5) is 0 Å². The van der Waals surface area contributed by atoms with E-state index >= 15 is 0 Å². The van der Waals surface area contributed by atoms with Crippen LogP contribution >= 0.6 is 27.5 Å². The molecule has 1 N–H and O–H groups in total. The molecule has 4 heteroatoms. The van der Waals surface area contributed by atoms with Gasteiger partial charge in [0.2, 0.25) is 0 Å². The molecule has 1 atom stereocenters. The zero-order valence-electron chi connectivity index (χ0n) is 10.1. The predicted octanol–water partition coefficient (Wildman–Crippen LogP) is 3.71. The van der Waals surface area contributed by atoms with Crippen molar-refractivity contribution in [3.63, 3.8) is 0 Å². The smallest absolute Gasteiger partial charge is 0.134 e. The maximum absolute atomic E-state index is 6.19. The van der Waals surface area contributed by atoms with Crippen molar-refractivity contribution in [3.8, 4) is 5.75 Å². The Hall–Kier alpha value is -0.250. The van der Waals surface area contributed by atoms with Crippen LogP contribution in [0.2, 0.25) is 5.02 Å². The van der Waals surface area contributed by atoms with E-state index < -0.39 is 0 Å². The summed E-state index contributed by atoms with van der Waals surface area (Å²) in [5.41, 5.74) is 2.11. The van der Waals surface area contributed by atoms with E-state index in [1.54, 1.807) is 0 Å². The van der Waals surface area contributed by atoms with Gasteiger partial charge in [0.15, 0.2) is 0 Å². The summed E-state index contributed by atoms with van der Waals surface area (Å²) in [4.78, 5) is 0. The normalized spacial score (nSPS) is 19.6. The van der Waals surface area contributed by atoms with Crippen LogP contribution in [-0.2, 0) is 0 Å². The molecular weight excluding hydrogens is 302 g/mol. The molecule has 1 heterocycles. The molecule has 2 rings (SSSR count). The Morgan fingerprint density at radius 3 is 2.94 bits per heavy atom. The summed E-state index contributed by atoms with van der Waals surface area (Å²) >= 11 is 9.74. The summed E-state index contributed by atoms with van der Waals surface area (Å²) in [6, 6.07) is 2.00. The van der Waals surface area contributed by atoms with Gasteiger partial charge in [-0.2, -0.15) is 0 Å². The van der Waals surface area contributed by atoms with Crippen molar-refractivity contribution in [2.75, 3.05) is 19.7 Å². The Morgan fingerprint density at radius 1 is 1.53 bits per heavy atom. The molecule has 1 aliphatic rings. The molecule has 1 saturated heterocycles. The second kappa shape index (κ2) is 5.59. The molecule has 0 spiro atoms. The van der Waals surface area contributed by atoms with Crippen molar-refractivity contribution >= 4 is 27.5 Å². The highest BCUT2D eigenvalue weighted by Crippen LogP contribution is 2.36. The second-order valence-electron chi connectivity index (χ2n) is 4.61. The Morgan fingerprint density at radius 2 is 2.29 bits per heavy atom. The Kier molecular flexibility index (Phi) is 4.34. The molecule has 17 heavy (non-hydrogen) atoms. The van der Waals surface area contributed by atoms with E-state index in [0.717, 1.165) is 46.1 Å². The summed E-state index contributed by atoms with van der Waals surface area (Å²) < 4.78 is 6.86. The number of rotatable bonds is 3. The highest BCUT2D eigenvalue weighted by Gasteiger charge is 2.17. The van der Waals surface area contributed by atoms with E-state index in [9.17, 15) is 0 Å². The highest BCUT2D eigenvalue weighted by atomic mass is 79.9. The third kappa shape index (κ3) is 2.95. The van der Waals surface area contributed by atoms with Gasteiger partial charge in [-0.05, 0) is 59.9 Å². The summed E-state index contributed by atoms with van der Waals surface area (Å²) in [5.74, 6) is 1.52. The first-order valence-electron chi connectivity index (χ1n) is 5.88. The molecule has 0 saturated carbocycles. The van der Waals surface area contributed by atoms with Crippen LogP contribution in [0.3, 0.4) is 0 Å². The van der Waals surface area contributed by atoms with Crippen molar-refractivity contribution in [2.45, 2.75) is 20.3 Å². The maximum Gasteiger partial charge on any atom is 0.134 e. The lowest BCUT2D eigenvalue weighted by Crippen LogP contribution is -2.15. The molecular formula is C13H17BrClNO. The fourth-order valence-corrected chi connectivity index (χ4v) is 2.76. The quantitative estimate of drug-likeness (QED) is 0.917. The van der Waals surface area contributed by atoms with Crippen LogP contribution in [0.15, 0.2) is 10.5 Å². The van der Waals surface area contributed by atoms with E-state index in [0.29, 0.717) is 5.92 Å². The largest absolute Gasteiger partial charge is 0.492 e. The van der Waals surface area contributed by atoms with E-state index in [2.05, 4.69) is 21.2 Å². The highest BCUT2D eigenvalue weighted by molar-refractivity contribution is 9.10. The molecule has 1 aromatic carbocycles. The van der Waals surface area contributed by atoms with Gasteiger partial charge >= 0.3 is 0 Å². The summed E-state index contributed by atoms with van der Waals surface area (Å²) in [7, 11) is 0. The van der Waals surface area contributed by atoms with E-state index in [1.165, 1.54) is 6.42 Å². The fourth-order valence-electron chi connectivity index (χ4n) is 2.07. The molecule has 1 aliphatic heterocycles. The van der Waals surface area contributed by atoms with Gasteiger partial charge in [0, 0.05) is 17.5 Å². The topological polar surface area (TPSA) is 21.3 Å². The predicted molar refractivity (Wildman–Crippen MR) is 75.1 cm³/mol. The van der Waals surface area contributed by atoms with Gasteiger partial charge in [0.05, 0.1) is 11.1 Å². The van der Waals surface area contributed by atoms with Crippen LogP contribution in [0, 0.1) is 19.8 Å². The fraction of sp³-hybridized carbons (Fsp3) is 0.538. The van der Waals surface area contributed by atoms with Crippen LogP contribution in [0.25, 0.3) is 0 Å². The minimum absolute atomic E-state index is 0.623. The Bertz CT molecular complexity index is 416. The monoisotopic (exact) mass is 317 g/mol. The molecule has 0 bridgehead atoms. The molecule has 0 radical (unpaired) electrons. The van der Waals surface area contributed by atoms with Gasteiger partial charge in [0.1, 0.15) is 5.75 Å². The molecule has 0 aromatic heterocycles. The van der Waals surface area contributed by atoms with Crippen LogP contribution in [0.1, 0.15) is 17.5 Å². The van der Waals surface area contributed by atoms with Crippen LogP contribution in [-0.4, -0.2) is 19.7 Å². The molecule has 0 amide bonds. The summed E-state index contributed by atoms with van der Waals surface area (Å²) in [5, 5.41) is 4.15. The molecule has 94 valence electrons. The van der Waals surface area contributed by atoms with Gasteiger partial charge in [-0.3, -0.25) is 0 Å². The standard InChI is InChI=1S/C13H17BrClNO/c1-8-5-11(12(14)9(2)13(8)15)17-7-10-3-4-16-6-10/h5,10,16H,3-4,6-7H2,1-2H3. The third-order valence-corrected chi connectivity index (χ3v) is 4.77. The maximum atomic E-state index is 6.19. The molecule has 1 fully saturated rings. The number of ether oxygens (including phenoxy) is 1. The average Bonchev–Trinajstić information content (AvgIpc) is 2.82. The molecule has 2 nitrogen and oxygen atoms in total. The zero-order chi connectivity index (χ0) is 12.4. The molecule has 1 unspecified atom stereocenters. The van der Waals surface area contributed by atoms with Gasteiger partial charge in [-0.1, -0.05) is 11.6 Å². The molecule has 0 aliphatic carbocycles. The first kappa shape index (κ1) is 13.2. The van der Waals surface area contributed by atoms with Crippen molar-refractivity contribution < 1.29 is 4.74 Å². The lowest BCUT2D eigenvalue weighted by Gasteiger charge is -2.15. The van der Waals surface area contributed by atoms with E-state index in [4.69, 9.17) is 16.3 Å². The lowest BCUT2D eigenvalue weighted by molar-refractivity contribution is 0.258. The van der Waals surface area contributed by atoms with Crippen molar-refractivity contribution in [1.82, 2.24) is 5.32 Å². The van der Waals surface area contributed by atoms with Gasteiger partial charge in [-0.15, -0.1) is 0 Å². The lowest BCUT2D eigenvalue weighted by atomic mass is 10.1. The number of hydrogen-bond donors (Lipinski definition) is 1. The van der Waals surface area contributed by atoms with E-state index in [1.807, 2.05) is 19.9 Å². The zero-order valence-corrected chi connectivity index (χ0v) is 12.5. The number of hydrogen-bond acceptors (Lipinski definition) is 2. The third-order valence-electron chi connectivity index (χ3n) is 3.21. The van der Waals surface area contributed by atoms with Crippen molar-refractivity contribution in [2.24, 2.45) is 5.92 Å². The Labute approximate surface area is 116 Å². The van der Waals surface area contributed by atoms with Gasteiger partial charge in [0.25, 0.3) is 0 Å². The Balaban J connectivity index is 2.10. The van der Waals surface area contributed by atoms with Crippen LogP contribution < -0.4 is 10.1 Å². The number of benzene rings is 1. The molecule has 1 aromatic rings. The number of nitrogens with one attached hydrogen (secondary N) is 1. The van der Waals surface area contributed by atoms with Gasteiger partial charge in [-0.25, -0.2) is 0 Å². The first-order valence-corrected chi connectivity index (χ1v) is 7.05. The van der Waals surface area contributed by atoms with Gasteiger partial charge < -0.3 is 10.1 Å². The average molecular weight is 319 g/mol. The second-order valence-corrected chi connectivity index (χ2v) is 5.79. The number of halogens is 2.